The highest BCUT2D eigenvalue weighted by molar-refractivity contribution is 9.10. The molecular weight excluding hydrogens is 348 g/mol. The molecule has 0 bridgehead atoms. The largest absolute Gasteiger partial charge is 0.456 e. The molecule has 1 aromatic carbocycles. The van der Waals surface area contributed by atoms with Gasteiger partial charge in [-0.1, -0.05) is 15.9 Å². The molecule has 17 heavy (non-hydrogen) atoms. The van der Waals surface area contributed by atoms with Crippen molar-refractivity contribution in [2.45, 2.75) is 6.54 Å². The zero-order chi connectivity index (χ0) is 12.3. The van der Waals surface area contributed by atoms with Crippen LogP contribution in [-0.2, 0) is 6.54 Å². The zero-order valence-corrected chi connectivity index (χ0v) is 12.0. The van der Waals surface area contributed by atoms with E-state index in [1.807, 2.05) is 24.3 Å². The number of hydrogen-bond acceptors (Lipinski definition) is 3. The van der Waals surface area contributed by atoms with Crippen molar-refractivity contribution in [1.29, 1.82) is 0 Å². The van der Waals surface area contributed by atoms with E-state index >= 15 is 0 Å². The van der Waals surface area contributed by atoms with Crippen molar-refractivity contribution in [3.05, 3.63) is 51.2 Å². The van der Waals surface area contributed by atoms with Crippen molar-refractivity contribution in [3.63, 3.8) is 0 Å². The molecule has 2 N–H and O–H groups in total. The quantitative estimate of drug-likeness (QED) is 0.907. The van der Waals surface area contributed by atoms with Gasteiger partial charge in [-0.3, -0.25) is 4.98 Å². The minimum Gasteiger partial charge on any atom is -0.456 e. The molecule has 2 aromatic rings. The Hall–Kier alpha value is -0.910. The third-order valence-corrected chi connectivity index (χ3v) is 2.97. The molecule has 0 amide bonds. The summed E-state index contributed by atoms with van der Waals surface area (Å²) in [7, 11) is 0. The van der Waals surface area contributed by atoms with Crippen molar-refractivity contribution >= 4 is 31.9 Å². The Balaban J connectivity index is 2.26. The minimum absolute atomic E-state index is 0.479. The van der Waals surface area contributed by atoms with Crippen LogP contribution in [-0.4, -0.2) is 4.98 Å². The Bertz CT molecular complexity index is 532. The average molecular weight is 358 g/mol. The van der Waals surface area contributed by atoms with Gasteiger partial charge in [0.05, 0.1) is 6.20 Å². The van der Waals surface area contributed by atoms with E-state index in [0.717, 1.165) is 20.3 Å². The number of pyridine rings is 1. The van der Waals surface area contributed by atoms with Crippen LogP contribution in [0.4, 0.5) is 0 Å². The molecule has 0 saturated heterocycles. The summed E-state index contributed by atoms with van der Waals surface area (Å²) in [5.74, 6) is 1.42. The lowest BCUT2D eigenvalue weighted by atomic mass is 10.2. The maximum Gasteiger partial charge on any atom is 0.146 e. The molecule has 0 fully saturated rings. The summed E-state index contributed by atoms with van der Waals surface area (Å²) < 4.78 is 7.53. The highest BCUT2D eigenvalue weighted by Gasteiger charge is 2.02. The van der Waals surface area contributed by atoms with Gasteiger partial charge < -0.3 is 10.5 Å². The number of nitrogens with two attached hydrogens (primary N) is 1. The summed E-state index contributed by atoms with van der Waals surface area (Å²) >= 11 is 6.77. The SMILES string of the molecule is NCc1cc(Br)cc(Oc2cncc(Br)c2)c1. The number of nitrogens with zero attached hydrogens (tertiary/aromatic N) is 1. The maximum atomic E-state index is 5.70. The van der Waals surface area contributed by atoms with Gasteiger partial charge in [0.15, 0.2) is 0 Å². The number of hydrogen-bond donors (Lipinski definition) is 1. The molecule has 2 rings (SSSR count). The van der Waals surface area contributed by atoms with Gasteiger partial charge in [0.1, 0.15) is 11.5 Å². The summed E-state index contributed by atoms with van der Waals surface area (Å²) in [5, 5.41) is 0. The van der Waals surface area contributed by atoms with Gasteiger partial charge in [-0.25, -0.2) is 0 Å². The van der Waals surface area contributed by atoms with Crippen LogP contribution in [0.25, 0.3) is 0 Å². The summed E-state index contributed by atoms with van der Waals surface area (Å²) in [4.78, 5) is 4.04. The van der Waals surface area contributed by atoms with E-state index in [-0.39, 0.29) is 0 Å². The number of halogens is 2. The molecule has 5 heteroatoms. The molecule has 1 aromatic heterocycles. The molecule has 0 saturated carbocycles. The minimum atomic E-state index is 0.479. The number of aromatic nitrogens is 1. The van der Waals surface area contributed by atoms with E-state index in [4.69, 9.17) is 10.5 Å². The number of rotatable bonds is 3. The summed E-state index contributed by atoms with van der Waals surface area (Å²) in [6, 6.07) is 7.62. The number of ether oxygens (including phenoxy) is 1. The van der Waals surface area contributed by atoms with Crippen LogP contribution in [0.2, 0.25) is 0 Å². The van der Waals surface area contributed by atoms with Gasteiger partial charge >= 0.3 is 0 Å². The fourth-order valence-corrected chi connectivity index (χ4v) is 2.25. The van der Waals surface area contributed by atoms with Gasteiger partial charge in [-0.05, 0) is 45.8 Å². The molecule has 0 aliphatic rings. The Labute approximate surface area is 116 Å². The first kappa shape index (κ1) is 12.5. The van der Waals surface area contributed by atoms with Crippen LogP contribution >= 0.6 is 31.9 Å². The summed E-state index contributed by atoms with van der Waals surface area (Å²) in [6.07, 6.45) is 3.37. The topological polar surface area (TPSA) is 48.1 Å². The van der Waals surface area contributed by atoms with Crippen molar-refractivity contribution in [1.82, 2.24) is 4.98 Å². The van der Waals surface area contributed by atoms with Crippen LogP contribution in [0, 0.1) is 0 Å². The van der Waals surface area contributed by atoms with Crippen molar-refractivity contribution in [2.75, 3.05) is 0 Å². The monoisotopic (exact) mass is 356 g/mol. The van der Waals surface area contributed by atoms with Gasteiger partial charge in [0.25, 0.3) is 0 Å². The van der Waals surface area contributed by atoms with Crippen molar-refractivity contribution < 1.29 is 4.74 Å². The first-order valence-electron chi connectivity index (χ1n) is 4.95. The van der Waals surface area contributed by atoms with Crippen LogP contribution in [0.1, 0.15) is 5.56 Å². The smallest absolute Gasteiger partial charge is 0.146 e. The molecule has 0 atom stereocenters. The van der Waals surface area contributed by atoms with E-state index in [1.54, 1.807) is 12.4 Å². The number of benzene rings is 1. The third kappa shape index (κ3) is 3.52. The van der Waals surface area contributed by atoms with E-state index in [1.165, 1.54) is 0 Å². The maximum absolute atomic E-state index is 5.70. The molecule has 0 aliphatic carbocycles. The highest BCUT2D eigenvalue weighted by Crippen LogP contribution is 2.27. The fourth-order valence-electron chi connectivity index (χ4n) is 1.38. The molecule has 0 aliphatic heterocycles. The second-order valence-electron chi connectivity index (χ2n) is 3.44. The van der Waals surface area contributed by atoms with Crippen molar-refractivity contribution in [2.24, 2.45) is 5.73 Å². The van der Waals surface area contributed by atoms with Crippen molar-refractivity contribution in [3.8, 4) is 11.5 Å². The molecule has 0 radical (unpaired) electrons. The van der Waals surface area contributed by atoms with E-state index < -0.39 is 0 Å². The molecule has 3 nitrogen and oxygen atoms in total. The van der Waals surface area contributed by atoms with E-state index in [0.29, 0.717) is 12.3 Å². The molecule has 0 unspecified atom stereocenters. The lowest BCUT2D eigenvalue weighted by molar-refractivity contribution is 0.479. The van der Waals surface area contributed by atoms with E-state index in [9.17, 15) is 0 Å². The average Bonchev–Trinajstić information content (AvgIpc) is 2.28. The Kier molecular flexibility index (Phi) is 4.15. The predicted octanol–water partition coefficient (Wildman–Crippen LogP) is 3.86. The highest BCUT2D eigenvalue weighted by atomic mass is 79.9. The molecular formula is C12H10Br2N2O. The molecule has 1 heterocycles. The van der Waals surface area contributed by atoms with Crippen LogP contribution in [0.3, 0.4) is 0 Å². The van der Waals surface area contributed by atoms with Crippen LogP contribution in [0.15, 0.2) is 45.6 Å². The van der Waals surface area contributed by atoms with Gasteiger partial charge in [-0.2, -0.15) is 0 Å². The van der Waals surface area contributed by atoms with Gasteiger partial charge in [0.2, 0.25) is 0 Å². The second-order valence-corrected chi connectivity index (χ2v) is 5.27. The lowest BCUT2D eigenvalue weighted by Crippen LogP contribution is -1.96. The fraction of sp³-hybridized carbons (Fsp3) is 0.0833. The molecule has 0 spiro atoms. The van der Waals surface area contributed by atoms with Gasteiger partial charge in [-0.15, -0.1) is 0 Å². The Morgan fingerprint density at radius 3 is 2.47 bits per heavy atom. The summed E-state index contributed by atoms with van der Waals surface area (Å²) in [6.45, 7) is 0.479. The predicted molar refractivity (Wildman–Crippen MR) is 74.0 cm³/mol. The normalized spacial score (nSPS) is 10.3. The Morgan fingerprint density at radius 2 is 1.76 bits per heavy atom. The lowest BCUT2D eigenvalue weighted by Gasteiger charge is -2.08. The molecule has 88 valence electrons. The van der Waals surface area contributed by atoms with Crippen LogP contribution < -0.4 is 10.5 Å². The van der Waals surface area contributed by atoms with Crippen LogP contribution in [0.5, 0.6) is 11.5 Å². The standard InChI is InChI=1S/C12H10Br2N2O/c13-9-1-8(5-15)2-11(3-9)17-12-4-10(14)6-16-7-12/h1-4,6-7H,5,15H2. The second kappa shape index (κ2) is 5.62. The summed E-state index contributed by atoms with van der Waals surface area (Å²) in [5.41, 5.74) is 6.62. The Morgan fingerprint density at radius 1 is 1.00 bits per heavy atom. The van der Waals surface area contributed by atoms with Gasteiger partial charge in [0, 0.05) is 21.7 Å². The first-order valence-corrected chi connectivity index (χ1v) is 6.54. The van der Waals surface area contributed by atoms with E-state index in [2.05, 4.69) is 36.8 Å². The first-order chi connectivity index (χ1) is 8.17. The third-order valence-electron chi connectivity index (χ3n) is 2.08. The zero-order valence-electron chi connectivity index (χ0n) is 8.86.